The molecule has 11 heavy (non-hydrogen) atoms. The van der Waals surface area contributed by atoms with Crippen molar-refractivity contribution >= 4 is 6.09 Å². The van der Waals surface area contributed by atoms with Gasteiger partial charge >= 0.3 is 6.09 Å². The monoisotopic (exact) mass is 159 g/mol. The summed E-state index contributed by atoms with van der Waals surface area (Å²) in [6, 6.07) is 0. The fraction of sp³-hybridized carbons (Fsp3) is 0.857. The molecule has 1 heterocycles. The Labute approximate surface area is 65.8 Å². The molecule has 1 aliphatic rings. The first kappa shape index (κ1) is 8.33. The largest absolute Gasteiger partial charge is 0.465 e. The molecule has 0 aliphatic carbocycles. The molecule has 1 rings (SSSR count). The van der Waals surface area contributed by atoms with E-state index in [9.17, 15) is 4.79 Å². The van der Waals surface area contributed by atoms with E-state index in [4.69, 9.17) is 9.84 Å². The topological polar surface area (TPSA) is 49.8 Å². The van der Waals surface area contributed by atoms with E-state index in [-0.39, 0.29) is 6.10 Å². The van der Waals surface area contributed by atoms with Crippen LogP contribution in [-0.2, 0) is 4.74 Å². The number of likely N-dealkylation sites (tertiary alicyclic amines) is 1. The molecule has 0 aromatic carbocycles. The van der Waals surface area contributed by atoms with Gasteiger partial charge in [-0.2, -0.15) is 0 Å². The highest BCUT2D eigenvalue weighted by Crippen LogP contribution is 2.11. The van der Waals surface area contributed by atoms with Crippen LogP contribution in [0, 0.1) is 0 Å². The van der Waals surface area contributed by atoms with E-state index in [0.29, 0.717) is 19.7 Å². The average molecular weight is 159 g/mol. The fourth-order valence-electron chi connectivity index (χ4n) is 1.27. The molecular weight excluding hydrogens is 146 g/mol. The molecule has 0 aromatic heterocycles. The number of amides is 1. The lowest BCUT2D eigenvalue weighted by molar-refractivity contribution is 0.0679. The minimum Gasteiger partial charge on any atom is -0.465 e. The van der Waals surface area contributed by atoms with E-state index < -0.39 is 6.09 Å². The third-order valence-electron chi connectivity index (χ3n) is 1.82. The molecule has 0 bridgehead atoms. The SMILES string of the molecule is CCO[C@@H]1CCN(C(=O)O)C1. The first-order chi connectivity index (χ1) is 5.24. The lowest BCUT2D eigenvalue weighted by Gasteiger charge is -2.11. The van der Waals surface area contributed by atoms with Crippen molar-refractivity contribution in [3.63, 3.8) is 0 Å². The van der Waals surface area contributed by atoms with E-state index in [2.05, 4.69) is 0 Å². The number of nitrogens with zero attached hydrogens (tertiary/aromatic N) is 1. The average Bonchev–Trinajstić information content (AvgIpc) is 2.37. The summed E-state index contributed by atoms with van der Waals surface area (Å²) in [6.07, 6.45) is 0.114. The van der Waals surface area contributed by atoms with Gasteiger partial charge in [-0.05, 0) is 13.3 Å². The van der Waals surface area contributed by atoms with Crippen molar-refractivity contribution in [3.05, 3.63) is 0 Å². The molecule has 0 radical (unpaired) electrons. The zero-order valence-corrected chi connectivity index (χ0v) is 6.62. The lowest BCUT2D eigenvalue weighted by atomic mass is 10.3. The summed E-state index contributed by atoms with van der Waals surface area (Å²) in [5.74, 6) is 0. The van der Waals surface area contributed by atoms with Gasteiger partial charge in [0, 0.05) is 13.2 Å². The second kappa shape index (κ2) is 3.57. The van der Waals surface area contributed by atoms with Crippen LogP contribution in [0.4, 0.5) is 4.79 Å². The van der Waals surface area contributed by atoms with Crippen molar-refractivity contribution in [1.29, 1.82) is 0 Å². The van der Waals surface area contributed by atoms with Crippen LogP contribution < -0.4 is 0 Å². The Hall–Kier alpha value is -0.770. The highest BCUT2D eigenvalue weighted by Gasteiger charge is 2.25. The van der Waals surface area contributed by atoms with Crippen LogP contribution in [0.25, 0.3) is 0 Å². The smallest absolute Gasteiger partial charge is 0.407 e. The summed E-state index contributed by atoms with van der Waals surface area (Å²) in [6.45, 7) is 3.73. The van der Waals surface area contributed by atoms with E-state index >= 15 is 0 Å². The van der Waals surface area contributed by atoms with E-state index in [1.54, 1.807) is 0 Å². The number of hydrogen-bond acceptors (Lipinski definition) is 2. The number of hydrogen-bond donors (Lipinski definition) is 1. The van der Waals surface area contributed by atoms with E-state index in [1.165, 1.54) is 4.90 Å². The normalized spacial score (nSPS) is 24.1. The van der Waals surface area contributed by atoms with Gasteiger partial charge in [0.1, 0.15) is 0 Å². The second-order valence-corrected chi connectivity index (χ2v) is 2.59. The molecule has 1 saturated heterocycles. The quantitative estimate of drug-likeness (QED) is 0.647. The number of ether oxygens (including phenoxy) is 1. The molecule has 1 amide bonds. The Morgan fingerprint density at radius 3 is 3.00 bits per heavy atom. The van der Waals surface area contributed by atoms with Gasteiger partial charge in [-0.1, -0.05) is 0 Å². The highest BCUT2D eigenvalue weighted by atomic mass is 16.5. The van der Waals surface area contributed by atoms with Crippen LogP contribution in [0.1, 0.15) is 13.3 Å². The third-order valence-corrected chi connectivity index (χ3v) is 1.82. The van der Waals surface area contributed by atoms with Crippen LogP contribution in [0.5, 0.6) is 0 Å². The van der Waals surface area contributed by atoms with Gasteiger partial charge in [0.05, 0.1) is 12.6 Å². The number of rotatable bonds is 2. The van der Waals surface area contributed by atoms with Gasteiger partial charge in [0.2, 0.25) is 0 Å². The fourth-order valence-corrected chi connectivity index (χ4v) is 1.27. The van der Waals surface area contributed by atoms with E-state index in [1.807, 2.05) is 6.92 Å². The number of carbonyl (C=O) groups is 1. The zero-order chi connectivity index (χ0) is 8.27. The van der Waals surface area contributed by atoms with Crippen molar-refractivity contribution < 1.29 is 14.6 Å². The standard InChI is InChI=1S/C7H13NO3/c1-2-11-6-3-4-8(5-6)7(9)10/h6H,2-5H2,1H3,(H,9,10)/t6-/m1/s1. The summed E-state index contributed by atoms with van der Waals surface area (Å²) < 4.78 is 5.28. The first-order valence-corrected chi connectivity index (χ1v) is 3.83. The van der Waals surface area contributed by atoms with Crippen LogP contribution in [0.15, 0.2) is 0 Å². The molecule has 0 aromatic rings. The predicted octanol–water partition coefficient (Wildman–Crippen LogP) is 0.775. The maximum atomic E-state index is 10.4. The van der Waals surface area contributed by atoms with Crippen molar-refractivity contribution in [2.24, 2.45) is 0 Å². The Bertz CT molecular complexity index is 149. The molecule has 64 valence electrons. The second-order valence-electron chi connectivity index (χ2n) is 2.59. The van der Waals surface area contributed by atoms with Gasteiger partial charge < -0.3 is 14.7 Å². The molecule has 1 aliphatic heterocycles. The zero-order valence-electron chi connectivity index (χ0n) is 6.62. The summed E-state index contributed by atoms with van der Waals surface area (Å²) in [5, 5.41) is 8.57. The molecule has 1 fully saturated rings. The minimum atomic E-state index is -0.841. The minimum absolute atomic E-state index is 0.121. The van der Waals surface area contributed by atoms with Gasteiger partial charge in [-0.15, -0.1) is 0 Å². The van der Waals surface area contributed by atoms with Gasteiger partial charge in [-0.25, -0.2) is 4.79 Å². The summed E-state index contributed by atoms with van der Waals surface area (Å²) in [4.78, 5) is 11.8. The Balaban J connectivity index is 2.29. The maximum absolute atomic E-state index is 10.4. The number of carboxylic acid groups (broad SMARTS) is 1. The molecule has 1 N–H and O–H groups in total. The molecular formula is C7H13NO3. The molecule has 4 heteroatoms. The van der Waals surface area contributed by atoms with Crippen LogP contribution in [-0.4, -0.2) is 41.9 Å². The molecule has 0 unspecified atom stereocenters. The molecule has 0 spiro atoms. The van der Waals surface area contributed by atoms with Gasteiger partial charge in [0.15, 0.2) is 0 Å². The molecule has 4 nitrogen and oxygen atoms in total. The van der Waals surface area contributed by atoms with Crippen molar-refractivity contribution in [3.8, 4) is 0 Å². The summed E-state index contributed by atoms with van der Waals surface area (Å²) in [5.41, 5.74) is 0. The van der Waals surface area contributed by atoms with E-state index in [0.717, 1.165) is 6.42 Å². The Morgan fingerprint density at radius 2 is 2.55 bits per heavy atom. The first-order valence-electron chi connectivity index (χ1n) is 3.83. The Kier molecular flexibility index (Phi) is 2.70. The van der Waals surface area contributed by atoms with Crippen LogP contribution in [0.3, 0.4) is 0 Å². The summed E-state index contributed by atoms with van der Waals surface area (Å²) >= 11 is 0. The van der Waals surface area contributed by atoms with Crippen molar-refractivity contribution in [2.45, 2.75) is 19.4 Å². The van der Waals surface area contributed by atoms with Crippen LogP contribution >= 0.6 is 0 Å². The lowest BCUT2D eigenvalue weighted by Crippen LogP contribution is -2.28. The van der Waals surface area contributed by atoms with Crippen molar-refractivity contribution in [2.75, 3.05) is 19.7 Å². The predicted molar refractivity (Wildman–Crippen MR) is 39.6 cm³/mol. The Morgan fingerprint density at radius 1 is 1.82 bits per heavy atom. The molecule has 0 saturated carbocycles. The third kappa shape index (κ3) is 2.08. The van der Waals surface area contributed by atoms with Crippen molar-refractivity contribution in [1.82, 2.24) is 4.90 Å². The molecule has 1 atom stereocenters. The van der Waals surface area contributed by atoms with Crippen LogP contribution in [0.2, 0.25) is 0 Å². The maximum Gasteiger partial charge on any atom is 0.407 e. The highest BCUT2D eigenvalue weighted by molar-refractivity contribution is 5.65. The summed E-state index contributed by atoms with van der Waals surface area (Å²) in [7, 11) is 0. The van der Waals surface area contributed by atoms with Gasteiger partial charge in [0.25, 0.3) is 0 Å². The van der Waals surface area contributed by atoms with Gasteiger partial charge in [-0.3, -0.25) is 0 Å².